The normalized spacial score (nSPS) is 11.2. The molecule has 1 aromatic rings. The molecule has 0 heterocycles. The molecule has 94 valence electrons. The van der Waals surface area contributed by atoms with E-state index < -0.39 is 21.0 Å². The fourth-order valence-corrected chi connectivity index (χ4v) is 1.99. The Bertz CT molecular complexity index is 520. The molecule has 0 aliphatic rings. The van der Waals surface area contributed by atoms with Gasteiger partial charge in [0, 0.05) is 0 Å². The van der Waals surface area contributed by atoms with Gasteiger partial charge in [-0.05, 0) is 24.6 Å². The molecule has 0 aromatic heterocycles. The van der Waals surface area contributed by atoms with Crippen LogP contribution in [0.4, 0.5) is 0 Å². The van der Waals surface area contributed by atoms with Crippen molar-refractivity contribution in [2.75, 3.05) is 6.61 Å². The summed E-state index contributed by atoms with van der Waals surface area (Å²) in [5.74, 6) is -1.08. The molecule has 0 spiro atoms. The summed E-state index contributed by atoms with van der Waals surface area (Å²) in [6.45, 7) is 1.90. The molecule has 0 amide bonds. The molecule has 2 N–H and O–H groups in total. The third-order valence-electron chi connectivity index (χ3n) is 1.94. The Morgan fingerprint density at radius 1 is 1.41 bits per heavy atom. The van der Waals surface area contributed by atoms with Gasteiger partial charge in [0.1, 0.15) is 10.6 Å². The second-order valence-electron chi connectivity index (χ2n) is 3.26. The molecule has 0 aliphatic carbocycles. The largest absolute Gasteiger partial charge is 0.492 e. The number of hydrogen-bond acceptors (Lipinski definition) is 4. The molecule has 6 nitrogen and oxygen atoms in total. The maximum atomic E-state index is 11.1. The van der Waals surface area contributed by atoms with Crippen molar-refractivity contribution in [1.82, 2.24) is 0 Å². The van der Waals surface area contributed by atoms with Gasteiger partial charge in [-0.1, -0.05) is 6.07 Å². The number of ether oxygens (including phenoxy) is 1. The summed E-state index contributed by atoms with van der Waals surface area (Å²) in [7, 11) is -4.43. The zero-order chi connectivity index (χ0) is 13.1. The van der Waals surface area contributed by atoms with Crippen LogP contribution >= 0.6 is 0 Å². The van der Waals surface area contributed by atoms with E-state index >= 15 is 0 Å². The molecule has 0 saturated carbocycles. The lowest BCUT2D eigenvalue weighted by Crippen LogP contribution is -2.06. The molecule has 0 aliphatic heterocycles. The molecule has 0 atom stereocenters. The van der Waals surface area contributed by atoms with E-state index in [-0.39, 0.29) is 24.3 Å². The average molecular weight is 260 g/mol. The maximum Gasteiger partial charge on any atom is 0.307 e. The van der Waals surface area contributed by atoms with Crippen LogP contribution in [0.15, 0.2) is 23.1 Å². The second-order valence-corrected chi connectivity index (χ2v) is 4.65. The lowest BCUT2D eigenvalue weighted by Gasteiger charge is -2.09. The minimum absolute atomic E-state index is 0.00383. The summed E-state index contributed by atoms with van der Waals surface area (Å²) in [6.07, 6.45) is -0.324. The van der Waals surface area contributed by atoms with Crippen molar-refractivity contribution in [3.63, 3.8) is 0 Å². The van der Waals surface area contributed by atoms with Crippen LogP contribution in [0.25, 0.3) is 0 Å². The average Bonchev–Trinajstić information content (AvgIpc) is 2.18. The van der Waals surface area contributed by atoms with Crippen molar-refractivity contribution in [3.8, 4) is 5.75 Å². The fraction of sp³-hybridized carbons (Fsp3) is 0.300. The molecule has 0 radical (unpaired) electrons. The van der Waals surface area contributed by atoms with E-state index in [0.717, 1.165) is 6.07 Å². The monoisotopic (exact) mass is 260 g/mol. The first kappa shape index (κ1) is 13.5. The van der Waals surface area contributed by atoms with E-state index in [9.17, 15) is 13.2 Å². The number of carboxylic acid groups (broad SMARTS) is 1. The number of benzene rings is 1. The van der Waals surface area contributed by atoms with Crippen LogP contribution in [-0.2, 0) is 21.3 Å². The van der Waals surface area contributed by atoms with Gasteiger partial charge in [0.15, 0.2) is 0 Å². The van der Waals surface area contributed by atoms with Crippen molar-refractivity contribution in [2.24, 2.45) is 0 Å². The Morgan fingerprint density at radius 3 is 2.53 bits per heavy atom. The highest BCUT2D eigenvalue weighted by molar-refractivity contribution is 7.86. The van der Waals surface area contributed by atoms with Gasteiger partial charge in [0.2, 0.25) is 0 Å². The quantitative estimate of drug-likeness (QED) is 0.765. The molecule has 1 rings (SSSR count). The van der Waals surface area contributed by atoms with E-state index in [0.29, 0.717) is 0 Å². The predicted molar refractivity (Wildman–Crippen MR) is 58.8 cm³/mol. The highest BCUT2D eigenvalue weighted by Crippen LogP contribution is 2.25. The highest BCUT2D eigenvalue weighted by atomic mass is 32.2. The number of rotatable bonds is 5. The zero-order valence-corrected chi connectivity index (χ0v) is 9.90. The van der Waals surface area contributed by atoms with Crippen molar-refractivity contribution in [2.45, 2.75) is 18.2 Å². The lowest BCUT2D eigenvalue weighted by molar-refractivity contribution is -0.136. The lowest BCUT2D eigenvalue weighted by atomic mass is 10.1. The van der Waals surface area contributed by atoms with Crippen LogP contribution in [0, 0.1) is 0 Å². The molecule has 1 aromatic carbocycles. The maximum absolute atomic E-state index is 11.1. The van der Waals surface area contributed by atoms with Gasteiger partial charge in [-0.25, -0.2) is 0 Å². The minimum atomic E-state index is -4.43. The molecule has 7 heteroatoms. The topological polar surface area (TPSA) is 101 Å². The third-order valence-corrected chi connectivity index (χ3v) is 2.82. The van der Waals surface area contributed by atoms with Gasteiger partial charge in [-0.2, -0.15) is 8.42 Å². The minimum Gasteiger partial charge on any atom is -0.492 e. The van der Waals surface area contributed by atoms with E-state index in [1.54, 1.807) is 6.92 Å². The van der Waals surface area contributed by atoms with Crippen LogP contribution in [0.1, 0.15) is 12.5 Å². The van der Waals surface area contributed by atoms with Gasteiger partial charge in [0.05, 0.1) is 13.0 Å². The third kappa shape index (κ3) is 3.72. The Kier molecular flexibility index (Phi) is 4.08. The summed E-state index contributed by atoms with van der Waals surface area (Å²) in [5.41, 5.74) is 0.272. The van der Waals surface area contributed by atoms with Gasteiger partial charge in [-0.15, -0.1) is 0 Å². The van der Waals surface area contributed by atoms with Crippen LogP contribution in [0.2, 0.25) is 0 Å². The van der Waals surface area contributed by atoms with Gasteiger partial charge in [0.25, 0.3) is 10.1 Å². The smallest absolute Gasteiger partial charge is 0.307 e. The van der Waals surface area contributed by atoms with Crippen molar-refractivity contribution in [1.29, 1.82) is 0 Å². The molecule has 0 fully saturated rings. The first-order valence-corrected chi connectivity index (χ1v) is 6.23. The summed E-state index contributed by atoms with van der Waals surface area (Å²) in [4.78, 5) is 10.1. The number of hydrogen-bond donors (Lipinski definition) is 2. The first-order chi connectivity index (χ1) is 7.84. The number of carboxylic acids is 1. The van der Waals surface area contributed by atoms with Gasteiger partial charge in [-0.3, -0.25) is 9.35 Å². The standard InChI is InChI=1S/C10H12O6S/c1-2-16-8-4-3-7(6-10(11)12)5-9(8)17(13,14)15/h3-5H,2,6H2,1H3,(H,11,12)(H,13,14,15). The van der Waals surface area contributed by atoms with E-state index in [1.165, 1.54) is 12.1 Å². The van der Waals surface area contributed by atoms with Crippen LogP contribution in [-0.4, -0.2) is 30.7 Å². The van der Waals surface area contributed by atoms with E-state index in [2.05, 4.69) is 0 Å². The van der Waals surface area contributed by atoms with Crippen molar-refractivity contribution < 1.29 is 27.6 Å². The van der Waals surface area contributed by atoms with E-state index in [4.69, 9.17) is 14.4 Å². The molecule has 0 bridgehead atoms. The summed E-state index contributed by atoms with van der Waals surface area (Å²) in [6, 6.07) is 3.85. The summed E-state index contributed by atoms with van der Waals surface area (Å²) < 4.78 is 36.2. The SMILES string of the molecule is CCOc1ccc(CC(=O)O)cc1S(=O)(=O)O. The molecular weight excluding hydrogens is 248 g/mol. The van der Waals surface area contributed by atoms with E-state index in [1.807, 2.05) is 0 Å². The van der Waals surface area contributed by atoms with Crippen molar-refractivity contribution in [3.05, 3.63) is 23.8 Å². The fourth-order valence-electron chi connectivity index (χ4n) is 1.31. The molecule has 0 saturated heterocycles. The molecule has 17 heavy (non-hydrogen) atoms. The predicted octanol–water partition coefficient (Wildman–Crippen LogP) is 0.959. The number of aliphatic carboxylic acids is 1. The Labute approximate surface area is 98.6 Å². The van der Waals surface area contributed by atoms with Crippen molar-refractivity contribution >= 4 is 16.1 Å². The second kappa shape index (κ2) is 5.15. The first-order valence-electron chi connectivity index (χ1n) is 4.79. The van der Waals surface area contributed by atoms with Gasteiger partial charge < -0.3 is 9.84 Å². The molecule has 0 unspecified atom stereocenters. The van der Waals surface area contributed by atoms with Crippen LogP contribution < -0.4 is 4.74 Å². The Balaban J connectivity index is 3.24. The van der Waals surface area contributed by atoms with Crippen LogP contribution in [0.3, 0.4) is 0 Å². The Hall–Kier alpha value is -1.60. The van der Waals surface area contributed by atoms with Gasteiger partial charge >= 0.3 is 5.97 Å². The van der Waals surface area contributed by atoms with Crippen LogP contribution in [0.5, 0.6) is 5.75 Å². The summed E-state index contributed by atoms with van der Waals surface area (Å²) in [5, 5.41) is 8.59. The highest BCUT2D eigenvalue weighted by Gasteiger charge is 2.18. The Morgan fingerprint density at radius 2 is 2.06 bits per heavy atom. The number of carbonyl (C=O) groups is 1. The molecular formula is C10H12O6S. The zero-order valence-electron chi connectivity index (χ0n) is 9.08. The summed E-state index contributed by atoms with van der Waals surface area (Å²) >= 11 is 0.